The molecule has 1 fully saturated rings. The summed E-state index contributed by atoms with van der Waals surface area (Å²) in [6.45, 7) is 3.95. The van der Waals surface area contributed by atoms with Gasteiger partial charge in [0.05, 0.1) is 13.2 Å². The first-order valence-corrected chi connectivity index (χ1v) is 8.12. The van der Waals surface area contributed by atoms with Gasteiger partial charge in [-0.25, -0.2) is 4.79 Å². The van der Waals surface area contributed by atoms with Crippen LogP contribution >= 0.6 is 11.6 Å². The molecule has 0 aromatic heterocycles. The number of nitrogens with one attached hydrogen (secondary N) is 1. The minimum atomic E-state index is -0.976. The fourth-order valence-electron chi connectivity index (χ4n) is 2.42. The average molecular weight is 354 g/mol. The average Bonchev–Trinajstić information content (AvgIpc) is 2.59. The van der Waals surface area contributed by atoms with Crippen LogP contribution < -0.4 is 10.2 Å². The first-order chi connectivity index (χ1) is 11.5. The van der Waals surface area contributed by atoms with E-state index >= 15 is 0 Å². The predicted molar refractivity (Wildman–Crippen MR) is 89.9 cm³/mol. The second-order valence-electron chi connectivity index (χ2n) is 5.25. The Balaban J connectivity index is 1.78. The van der Waals surface area contributed by atoms with Crippen LogP contribution in [-0.4, -0.2) is 62.0 Å². The molecular weight excluding hydrogens is 334 g/mol. The van der Waals surface area contributed by atoms with E-state index in [-0.39, 0.29) is 19.1 Å². The molecule has 1 aromatic rings. The van der Waals surface area contributed by atoms with Crippen molar-refractivity contribution in [2.24, 2.45) is 0 Å². The van der Waals surface area contributed by atoms with E-state index in [4.69, 9.17) is 11.6 Å². The number of esters is 1. The van der Waals surface area contributed by atoms with Gasteiger partial charge in [0.15, 0.2) is 0 Å². The van der Waals surface area contributed by atoms with Gasteiger partial charge in [-0.3, -0.25) is 9.59 Å². The maximum atomic E-state index is 12.1. The lowest BCUT2D eigenvalue weighted by Gasteiger charge is -2.36. The number of anilines is 1. The lowest BCUT2D eigenvalue weighted by Crippen LogP contribution is -2.51. The Kier molecular flexibility index (Phi) is 6.43. The molecule has 130 valence electrons. The van der Waals surface area contributed by atoms with E-state index in [9.17, 15) is 14.4 Å². The number of nitrogens with zero attached hydrogens (tertiary/aromatic N) is 2. The molecule has 7 nitrogen and oxygen atoms in total. The van der Waals surface area contributed by atoms with Crippen molar-refractivity contribution in [1.82, 2.24) is 10.2 Å². The van der Waals surface area contributed by atoms with Gasteiger partial charge in [0.1, 0.15) is 0 Å². The van der Waals surface area contributed by atoms with Gasteiger partial charge in [-0.2, -0.15) is 0 Å². The standard InChI is InChI=1S/C16H20ClN3O4/c1-2-24-16(23)15(22)18-11-14(21)20-8-6-19(7-9-20)13-5-3-4-12(17)10-13/h3-5,10H,2,6-9,11H2,1H3,(H,18,22). The van der Waals surface area contributed by atoms with Gasteiger partial charge >= 0.3 is 11.9 Å². The highest BCUT2D eigenvalue weighted by molar-refractivity contribution is 6.32. The van der Waals surface area contributed by atoms with Crippen molar-refractivity contribution in [3.05, 3.63) is 29.3 Å². The van der Waals surface area contributed by atoms with Crippen LogP contribution in [0.3, 0.4) is 0 Å². The van der Waals surface area contributed by atoms with Crippen molar-refractivity contribution in [2.75, 3.05) is 44.2 Å². The monoisotopic (exact) mass is 353 g/mol. The molecule has 1 heterocycles. The quantitative estimate of drug-likeness (QED) is 0.635. The number of hydrogen-bond donors (Lipinski definition) is 1. The highest BCUT2D eigenvalue weighted by atomic mass is 35.5. The van der Waals surface area contributed by atoms with Gasteiger partial charge in [-0.1, -0.05) is 17.7 Å². The Bertz CT molecular complexity index is 615. The summed E-state index contributed by atoms with van der Waals surface area (Å²) < 4.78 is 4.56. The summed E-state index contributed by atoms with van der Waals surface area (Å²) in [5.41, 5.74) is 1.02. The second kappa shape index (κ2) is 8.54. The lowest BCUT2D eigenvalue weighted by molar-refractivity contribution is -0.154. The molecule has 2 rings (SSSR count). The zero-order valence-electron chi connectivity index (χ0n) is 13.5. The van der Waals surface area contributed by atoms with Crippen LogP contribution in [0.2, 0.25) is 5.02 Å². The van der Waals surface area contributed by atoms with Crippen LogP contribution in [0.1, 0.15) is 6.92 Å². The van der Waals surface area contributed by atoms with Gasteiger partial charge < -0.3 is 19.9 Å². The van der Waals surface area contributed by atoms with E-state index in [2.05, 4.69) is 15.0 Å². The zero-order chi connectivity index (χ0) is 17.5. The Labute approximate surface area is 145 Å². The highest BCUT2D eigenvalue weighted by Crippen LogP contribution is 2.20. The molecule has 1 saturated heterocycles. The van der Waals surface area contributed by atoms with E-state index in [1.165, 1.54) is 0 Å². The Morgan fingerprint density at radius 3 is 2.54 bits per heavy atom. The van der Waals surface area contributed by atoms with Crippen molar-refractivity contribution >= 4 is 35.1 Å². The van der Waals surface area contributed by atoms with E-state index in [0.29, 0.717) is 31.2 Å². The van der Waals surface area contributed by atoms with Crippen LogP contribution in [0, 0.1) is 0 Å². The summed E-state index contributed by atoms with van der Waals surface area (Å²) in [5, 5.41) is 2.95. The molecule has 1 aliphatic rings. The fourth-order valence-corrected chi connectivity index (χ4v) is 2.61. The third kappa shape index (κ3) is 4.86. The van der Waals surface area contributed by atoms with E-state index in [1.54, 1.807) is 11.8 Å². The molecule has 0 atom stereocenters. The number of carbonyl (C=O) groups is 3. The van der Waals surface area contributed by atoms with Crippen molar-refractivity contribution in [3.8, 4) is 0 Å². The normalized spacial score (nSPS) is 14.2. The maximum absolute atomic E-state index is 12.1. The molecule has 24 heavy (non-hydrogen) atoms. The molecule has 0 unspecified atom stereocenters. The SMILES string of the molecule is CCOC(=O)C(=O)NCC(=O)N1CCN(c2cccc(Cl)c2)CC1. The maximum Gasteiger partial charge on any atom is 0.396 e. The number of rotatable bonds is 4. The number of piperazine rings is 1. The molecule has 1 N–H and O–H groups in total. The summed E-state index contributed by atoms with van der Waals surface area (Å²) in [6, 6.07) is 7.57. The smallest absolute Gasteiger partial charge is 0.396 e. The number of hydrogen-bond acceptors (Lipinski definition) is 5. The third-order valence-corrected chi connectivity index (χ3v) is 3.90. The first kappa shape index (κ1) is 18.1. The first-order valence-electron chi connectivity index (χ1n) is 7.74. The fraction of sp³-hybridized carbons (Fsp3) is 0.438. The Hall–Kier alpha value is -2.28. The van der Waals surface area contributed by atoms with E-state index in [1.807, 2.05) is 24.3 Å². The van der Waals surface area contributed by atoms with Crippen LogP contribution in [0.25, 0.3) is 0 Å². The highest BCUT2D eigenvalue weighted by Gasteiger charge is 2.23. The number of halogens is 1. The largest absolute Gasteiger partial charge is 0.459 e. The molecule has 0 saturated carbocycles. The number of benzene rings is 1. The summed E-state index contributed by atoms with van der Waals surface area (Å²) in [5.74, 6) is -2.10. The molecule has 8 heteroatoms. The second-order valence-corrected chi connectivity index (χ2v) is 5.69. The van der Waals surface area contributed by atoms with Crippen LogP contribution in [-0.2, 0) is 19.1 Å². The summed E-state index contributed by atoms with van der Waals surface area (Å²) in [7, 11) is 0. The Morgan fingerprint density at radius 2 is 1.92 bits per heavy atom. The summed E-state index contributed by atoms with van der Waals surface area (Å²) in [6.07, 6.45) is 0. The van der Waals surface area contributed by atoms with Crippen molar-refractivity contribution in [2.45, 2.75) is 6.92 Å². The lowest BCUT2D eigenvalue weighted by atomic mass is 10.2. The van der Waals surface area contributed by atoms with E-state index in [0.717, 1.165) is 5.69 Å². The molecule has 0 radical (unpaired) electrons. The number of carbonyl (C=O) groups excluding carboxylic acids is 3. The molecule has 2 amide bonds. The summed E-state index contributed by atoms with van der Waals surface area (Å²) in [4.78, 5) is 38.5. The van der Waals surface area contributed by atoms with Gasteiger partial charge in [0.25, 0.3) is 0 Å². The minimum absolute atomic E-state index is 0.117. The molecule has 0 aliphatic carbocycles. The van der Waals surface area contributed by atoms with Gasteiger partial charge in [-0.15, -0.1) is 0 Å². The van der Waals surface area contributed by atoms with E-state index < -0.39 is 11.9 Å². The van der Waals surface area contributed by atoms with Gasteiger partial charge in [0.2, 0.25) is 5.91 Å². The zero-order valence-corrected chi connectivity index (χ0v) is 14.2. The van der Waals surface area contributed by atoms with Gasteiger partial charge in [-0.05, 0) is 25.1 Å². The van der Waals surface area contributed by atoms with Gasteiger partial charge in [0, 0.05) is 36.9 Å². The van der Waals surface area contributed by atoms with Crippen LogP contribution in [0.4, 0.5) is 5.69 Å². The summed E-state index contributed by atoms with van der Waals surface area (Å²) >= 11 is 5.99. The Morgan fingerprint density at radius 1 is 1.21 bits per heavy atom. The molecule has 1 aromatic carbocycles. The topological polar surface area (TPSA) is 78.9 Å². The third-order valence-electron chi connectivity index (χ3n) is 3.67. The molecular formula is C16H20ClN3O4. The number of amides is 2. The predicted octanol–water partition coefficient (Wildman–Crippen LogP) is 0.668. The molecule has 0 bridgehead atoms. The molecule has 0 spiro atoms. The van der Waals surface area contributed by atoms with Crippen LogP contribution in [0.15, 0.2) is 24.3 Å². The number of ether oxygens (including phenoxy) is 1. The van der Waals surface area contributed by atoms with Crippen molar-refractivity contribution < 1.29 is 19.1 Å². The van der Waals surface area contributed by atoms with Crippen LogP contribution in [0.5, 0.6) is 0 Å². The van der Waals surface area contributed by atoms with Crippen molar-refractivity contribution in [1.29, 1.82) is 0 Å². The van der Waals surface area contributed by atoms with Crippen molar-refractivity contribution in [3.63, 3.8) is 0 Å². The molecule has 1 aliphatic heterocycles. The minimum Gasteiger partial charge on any atom is -0.459 e.